The Morgan fingerprint density at radius 1 is 1.38 bits per heavy atom. The van der Waals surface area contributed by atoms with E-state index < -0.39 is 0 Å². The van der Waals surface area contributed by atoms with E-state index in [0.717, 1.165) is 16.9 Å². The van der Waals surface area contributed by atoms with Crippen molar-refractivity contribution in [3.8, 4) is 5.75 Å². The molecule has 88 valence electrons. The second kappa shape index (κ2) is 5.51. The zero-order valence-electron chi connectivity index (χ0n) is 10.2. The highest BCUT2D eigenvalue weighted by atomic mass is 16.5. The quantitative estimate of drug-likeness (QED) is 0.780. The molecule has 0 saturated heterocycles. The monoisotopic (exact) mass is 222 g/mol. The lowest BCUT2D eigenvalue weighted by Crippen LogP contribution is -2.39. The van der Waals surface area contributed by atoms with Gasteiger partial charge in [-0.05, 0) is 31.0 Å². The summed E-state index contributed by atoms with van der Waals surface area (Å²) in [5, 5.41) is 1.59. The molecule has 4 heteroatoms. The largest absolute Gasteiger partial charge is 0.483 e. The number of hydrazine groups is 1. The maximum absolute atomic E-state index is 11.3. The molecular weight excluding hydrogens is 204 g/mol. The Morgan fingerprint density at radius 2 is 2.06 bits per heavy atom. The Kier molecular flexibility index (Phi) is 4.31. The van der Waals surface area contributed by atoms with E-state index in [0.29, 0.717) is 0 Å². The van der Waals surface area contributed by atoms with Crippen molar-refractivity contribution in [2.75, 3.05) is 20.7 Å². The Labute approximate surface area is 96.2 Å². The van der Waals surface area contributed by atoms with Crippen LogP contribution in [0.1, 0.15) is 11.1 Å². The van der Waals surface area contributed by atoms with Gasteiger partial charge in [0.05, 0.1) is 0 Å². The minimum atomic E-state index is -0.161. The highest BCUT2D eigenvalue weighted by Gasteiger charge is 2.05. The van der Waals surface area contributed by atoms with E-state index in [1.165, 1.54) is 0 Å². The fourth-order valence-electron chi connectivity index (χ4n) is 1.31. The Balaban J connectivity index is 2.55. The molecule has 0 aliphatic rings. The van der Waals surface area contributed by atoms with Crippen molar-refractivity contribution in [3.63, 3.8) is 0 Å². The maximum atomic E-state index is 11.3. The molecule has 16 heavy (non-hydrogen) atoms. The molecule has 0 bridgehead atoms. The first kappa shape index (κ1) is 12.5. The Morgan fingerprint density at radius 3 is 2.69 bits per heavy atom. The maximum Gasteiger partial charge on any atom is 0.272 e. The fraction of sp³-hybridized carbons (Fsp3) is 0.417. The van der Waals surface area contributed by atoms with E-state index in [2.05, 4.69) is 5.43 Å². The predicted molar refractivity (Wildman–Crippen MR) is 63.2 cm³/mol. The molecule has 0 unspecified atom stereocenters. The number of ether oxygens (including phenoxy) is 1. The lowest BCUT2D eigenvalue weighted by molar-refractivity contribution is -0.126. The SMILES string of the molecule is Cc1cccc(OCC(=O)NN(C)C)c1C. The topological polar surface area (TPSA) is 41.6 Å². The van der Waals surface area contributed by atoms with Crippen LogP contribution >= 0.6 is 0 Å². The van der Waals surface area contributed by atoms with Crippen LogP contribution in [0.5, 0.6) is 5.75 Å². The third kappa shape index (κ3) is 3.55. The van der Waals surface area contributed by atoms with E-state index in [4.69, 9.17) is 4.74 Å². The van der Waals surface area contributed by atoms with Crippen molar-refractivity contribution >= 4 is 5.91 Å². The predicted octanol–water partition coefficient (Wildman–Crippen LogP) is 1.28. The second-order valence-electron chi connectivity index (χ2n) is 3.92. The number of nitrogens with zero attached hydrogens (tertiary/aromatic N) is 1. The van der Waals surface area contributed by atoms with Gasteiger partial charge in [0.1, 0.15) is 5.75 Å². The Hall–Kier alpha value is -1.55. The smallest absolute Gasteiger partial charge is 0.272 e. The van der Waals surface area contributed by atoms with Crippen LogP contribution in [0.15, 0.2) is 18.2 Å². The highest BCUT2D eigenvalue weighted by Crippen LogP contribution is 2.20. The number of nitrogens with one attached hydrogen (secondary N) is 1. The van der Waals surface area contributed by atoms with Gasteiger partial charge in [-0.1, -0.05) is 12.1 Å². The van der Waals surface area contributed by atoms with Crippen LogP contribution in [0.3, 0.4) is 0 Å². The van der Waals surface area contributed by atoms with Crippen LogP contribution in [0.2, 0.25) is 0 Å². The summed E-state index contributed by atoms with van der Waals surface area (Å²) in [6.45, 7) is 4.03. The molecule has 1 amide bonds. The van der Waals surface area contributed by atoms with Crippen molar-refractivity contribution in [2.45, 2.75) is 13.8 Å². The molecule has 0 aromatic heterocycles. The second-order valence-corrected chi connectivity index (χ2v) is 3.92. The summed E-state index contributed by atoms with van der Waals surface area (Å²) in [6, 6.07) is 5.80. The first-order valence-electron chi connectivity index (χ1n) is 5.16. The molecule has 1 N–H and O–H groups in total. The highest BCUT2D eigenvalue weighted by molar-refractivity contribution is 5.77. The minimum Gasteiger partial charge on any atom is -0.483 e. The van der Waals surface area contributed by atoms with Crippen LogP contribution in [-0.4, -0.2) is 31.6 Å². The molecule has 0 fully saturated rings. The van der Waals surface area contributed by atoms with Gasteiger partial charge < -0.3 is 4.74 Å². The molecule has 1 aromatic carbocycles. The summed E-state index contributed by atoms with van der Waals surface area (Å²) in [5.74, 6) is 0.597. The molecule has 0 saturated carbocycles. The number of hydrogen-bond donors (Lipinski definition) is 1. The molecule has 0 radical (unpaired) electrons. The van der Waals surface area contributed by atoms with Crippen molar-refractivity contribution < 1.29 is 9.53 Å². The number of amides is 1. The summed E-state index contributed by atoms with van der Waals surface area (Å²) in [7, 11) is 3.52. The molecular formula is C12H18N2O2. The number of carbonyl (C=O) groups is 1. The normalized spacial score (nSPS) is 10.3. The van der Waals surface area contributed by atoms with Crippen molar-refractivity contribution in [1.29, 1.82) is 0 Å². The zero-order chi connectivity index (χ0) is 12.1. The van der Waals surface area contributed by atoms with Crippen LogP contribution < -0.4 is 10.2 Å². The summed E-state index contributed by atoms with van der Waals surface area (Å²) < 4.78 is 5.44. The lowest BCUT2D eigenvalue weighted by Gasteiger charge is -2.13. The van der Waals surface area contributed by atoms with Gasteiger partial charge in [0.15, 0.2) is 6.61 Å². The zero-order valence-corrected chi connectivity index (χ0v) is 10.2. The summed E-state index contributed by atoms with van der Waals surface area (Å²) in [4.78, 5) is 11.3. The van der Waals surface area contributed by atoms with Gasteiger partial charge in [0, 0.05) is 14.1 Å². The Bertz CT molecular complexity index is 375. The molecule has 0 atom stereocenters. The van der Waals surface area contributed by atoms with Gasteiger partial charge in [-0.2, -0.15) is 0 Å². The number of rotatable bonds is 4. The first-order chi connectivity index (χ1) is 7.50. The molecule has 0 heterocycles. The number of carbonyl (C=O) groups excluding carboxylic acids is 1. The van der Waals surface area contributed by atoms with Gasteiger partial charge in [-0.15, -0.1) is 0 Å². The molecule has 1 rings (SSSR count). The lowest BCUT2D eigenvalue weighted by atomic mass is 10.1. The molecule has 0 spiro atoms. The van der Waals surface area contributed by atoms with Gasteiger partial charge >= 0.3 is 0 Å². The van der Waals surface area contributed by atoms with Crippen LogP contribution in [0, 0.1) is 13.8 Å². The first-order valence-corrected chi connectivity index (χ1v) is 5.16. The van der Waals surface area contributed by atoms with E-state index in [-0.39, 0.29) is 12.5 Å². The third-order valence-corrected chi connectivity index (χ3v) is 2.26. The third-order valence-electron chi connectivity index (χ3n) is 2.26. The summed E-state index contributed by atoms with van der Waals surface area (Å²) in [5.41, 5.74) is 4.84. The van der Waals surface area contributed by atoms with E-state index in [1.807, 2.05) is 32.0 Å². The number of benzene rings is 1. The van der Waals surface area contributed by atoms with Crippen LogP contribution in [0.4, 0.5) is 0 Å². The average Bonchev–Trinajstić information content (AvgIpc) is 2.19. The number of aryl methyl sites for hydroxylation is 1. The van der Waals surface area contributed by atoms with Gasteiger partial charge in [-0.25, -0.2) is 5.01 Å². The van der Waals surface area contributed by atoms with Crippen LogP contribution in [-0.2, 0) is 4.79 Å². The van der Waals surface area contributed by atoms with E-state index in [9.17, 15) is 4.79 Å². The van der Waals surface area contributed by atoms with Crippen molar-refractivity contribution in [3.05, 3.63) is 29.3 Å². The summed E-state index contributed by atoms with van der Waals surface area (Å²) in [6.07, 6.45) is 0. The van der Waals surface area contributed by atoms with Crippen molar-refractivity contribution in [2.24, 2.45) is 0 Å². The fourth-order valence-corrected chi connectivity index (χ4v) is 1.31. The molecule has 4 nitrogen and oxygen atoms in total. The van der Waals surface area contributed by atoms with E-state index >= 15 is 0 Å². The van der Waals surface area contributed by atoms with Gasteiger partial charge in [0.25, 0.3) is 5.91 Å². The number of hydrogen-bond acceptors (Lipinski definition) is 3. The minimum absolute atomic E-state index is 0.0302. The molecule has 0 aliphatic carbocycles. The standard InChI is InChI=1S/C12H18N2O2/c1-9-6-5-7-11(10(9)2)16-8-12(15)13-14(3)4/h5-7H,8H2,1-4H3,(H,13,15). The van der Waals surface area contributed by atoms with Crippen LogP contribution in [0.25, 0.3) is 0 Å². The summed E-state index contributed by atoms with van der Waals surface area (Å²) >= 11 is 0. The van der Waals surface area contributed by atoms with E-state index in [1.54, 1.807) is 19.1 Å². The van der Waals surface area contributed by atoms with Gasteiger partial charge in [0.2, 0.25) is 0 Å². The average molecular weight is 222 g/mol. The van der Waals surface area contributed by atoms with Crippen molar-refractivity contribution in [1.82, 2.24) is 10.4 Å². The molecule has 1 aromatic rings. The van der Waals surface area contributed by atoms with Gasteiger partial charge in [-0.3, -0.25) is 10.2 Å². The molecule has 0 aliphatic heterocycles.